The zero-order valence-corrected chi connectivity index (χ0v) is 11.0. The molecule has 0 spiro atoms. The van der Waals surface area contributed by atoms with Crippen molar-refractivity contribution in [3.8, 4) is 5.75 Å². The molecule has 0 heterocycles. The second kappa shape index (κ2) is 4.40. The molecule has 0 fully saturated rings. The monoisotopic (exact) mass is 395 g/mol. The van der Waals surface area contributed by atoms with Crippen molar-refractivity contribution in [3.05, 3.63) is 25.6 Å². The first kappa shape index (κ1) is 12.3. The van der Waals surface area contributed by atoms with E-state index in [4.69, 9.17) is 0 Å². The Balaban J connectivity index is 3.13. The van der Waals surface area contributed by atoms with Crippen molar-refractivity contribution in [2.75, 3.05) is 0 Å². The minimum Gasteiger partial charge on any atom is -0.403 e. The zero-order valence-electron chi connectivity index (χ0n) is 6.25. The molecule has 1 nitrogen and oxygen atoms in total. The van der Waals surface area contributed by atoms with Gasteiger partial charge in [-0.1, -0.05) is 0 Å². The summed E-state index contributed by atoms with van der Waals surface area (Å²) >= 11 is 8.89. The molecule has 0 N–H and O–H groups in total. The molecule has 77 valence electrons. The van der Waals surface area contributed by atoms with Crippen LogP contribution >= 0.6 is 47.8 Å². The maximum atomic E-state index is 11.9. The average molecular weight is 398 g/mol. The SMILES string of the molecule is FC(F)(F)Oc1c(Br)c[c]c(Br)c1Br. The number of rotatable bonds is 1. The van der Waals surface area contributed by atoms with Gasteiger partial charge in [-0.3, -0.25) is 0 Å². The van der Waals surface area contributed by atoms with Crippen LogP contribution in [0.5, 0.6) is 5.75 Å². The van der Waals surface area contributed by atoms with Crippen LogP contribution in [0.15, 0.2) is 19.5 Å². The molecule has 0 atom stereocenters. The summed E-state index contributed by atoms with van der Waals surface area (Å²) in [5, 5.41) is 0. The lowest BCUT2D eigenvalue weighted by atomic mass is 10.3. The largest absolute Gasteiger partial charge is 0.573 e. The minimum atomic E-state index is -4.72. The number of alkyl halides is 3. The Hall–Kier alpha value is 0.250. The first-order valence-electron chi connectivity index (χ1n) is 3.12. The van der Waals surface area contributed by atoms with E-state index in [0.717, 1.165) is 0 Å². The Morgan fingerprint density at radius 2 is 1.79 bits per heavy atom. The fraction of sp³-hybridized carbons (Fsp3) is 0.143. The Bertz CT molecular complexity index is 351. The molecule has 0 saturated carbocycles. The molecule has 7 heteroatoms. The van der Waals surface area contributed by atoms with Crippen LogP contribution in [0.3, 0.4) is 0 Å². The number of benzene rings is 1. The highest BCUT2D eigenvalue weighted by Crippen LogP contribution is 2.40. The molecule has 1 rings (SSSR count). The molecule has 0 aliphatic heterocycles. The lowest BCUT2D eigenvalue weighted by Crippen LogP contribution is -2.17. The van der Waals surface area contributed by atoms with E-state index in [0.29, 0.717) is 4.47 Å². The van der Waals surface area contributed by atoms with Crippen LogP contribution < -0.4 is 4.74 Å². The second-order valence-electron chi connectivity index (χ2n) is 2.14. The molecule has 0 aromatic heterocycles. The summed E-state index contributed by atoms with van der Waals surface area (Å²) in [5.74, 6) is -0.330. The van der Waals surface area contributed by atoms with E-state index in [9.17, 15) is 13.2 Å². The average Bonchev–Trinajstić information content (AvgIpc) is 2.04. The Labute approximate surface area is 103 Å². The van der Waals surface area contributed by atoms with Crippen molar-refractivity contribution in [1.82, 2.24) is 0 Å². The molecule has 0 unspecified atom stereocenters. The van der Waals surface area contributed by atoms with E-state index < -0.39 is 6.36 Å². The van der Waals surface area contributed by atoms with Gasteiger partial charge < -0.3 is 4.74 Å². The van der Waals surface area contributed by atoms with Gasteiger partial charge in [0.15, 0.2) is 5.75 Å². The molecule has 14 heavy (non-hydrogen) atoms. The first-order valence-corrected chi connectivity index (χ1v) is 5.50. The fourth-order valence-electron chi connectivity index (χ4n) is 0.669. The van der Waals surface area contributed by atoms with E-state index in [-0.39, 0.29) is 14.7 Å². The van der Waals surface area contributed by atoms with E-state index in [1.165, 1.54) is 6.07 Å². The summed E-state index contributed by atoms with van der Waals surface area (Å²) < 4.78 is 40.3. The first-order chi connectivity index (χ1) is 6.31. The lowest BCUT2D eigenvalue weighted by molar-refractivity contribution is -0.275. The highest BCUT2D eigenvalue weighted by molar-refractivity contribution is 9.13. The van der Waals surface area contributed by atoms with Crippen LogP contribution in [0.2, 0.25) is 0 Å². The molecule has 1 aromatic rings. The van der Waals surface area contributed by atoms with Gasteiger partial charge in [0.1, 0.15) is 0 Å². The van der Waals surface area contributed by atoms with Crippen molar-refractivity contribution in [2.45, 2.75) is 6.36 Å². The van der Waals surface area contributed by atoms with E-state index in [2.05, 4.69) is 58.6 Å². The maximum absolute atomic E-state index is 11.9. The van der Waals surface area contributed by atoms with Crippen LogP contribution in [0, 0.1) is 6.07 Å². The molecule has 0 aliphatic rings. The highest BCUT2D eigenvalue weighted by atomic mass is 79.9. The summed E-state index contributed by atoms with van der Waals surface area (Å²) in [5.41, 5.74) is 0. The fourth-order valence-corrected chi connectivity index (χ4v) is 2.03. The maximum Gasteiger partial charge on any atom is 0.573 e. The van der Waals surface area contributed by atoms with Gasteiger partial charge in [0.05, 0.1) is 8.95 Å². The van der Waals surface area contributed by atoms with Crippen molar-refractivity contribution in [2.24, 2.45) is 0 Å². The molecule has 0 saturated heterocycles. The van der Waals surface area contributed by atoms with Crippen LogP contribution in [-0.4, -0.2) is 6.36 Å². The number of hydrogen-bond acceptors (Lipinski definition) is 1. The standard InChI is InChI=1S/C7HBr3F3O/c8-3-1-2-4(9)6(5(3)10)14-7(11,12)13/h2H. The van der Waals surface area contributed by atoms with Gasteiger partial charge in [-0.2, -0.15) is 0 Å². The molecular formula is C7HBr3F3O. The minimum absolute atomic E-state index is 0.157. The third-order valence-electron chi connectivity index (χ3n) is 1.15. The van der Waals surface area contributed by atoms with Gasteiger partial charge >= 0.3 is 6.36 Å². The van der Waals surface area contributed by atoms with Crippen LogP contribution in [0.25, 0.3) is 0 Å². The number of ether oxygens (including phenoxy) is 1. The Morgan fingerprint density at radius 1 is 1.21 bits per heavy atom. The smallest absolute Gasteiger partial charge is 0.403 e. The van der Waals surface area contributed by atoms with Gasteiger partial charge in [0, 0.05) is 4.47 Å². The van der Waals surface area contributed by atoms with Gasteiger partial charge in [-0.25, -0.2) is 0 Å². The molecule has 0 aliphatic carbocycles. The predicted molar refractivity (Wildman–Crippen MR) is 55.1 cm³/mol. The molecular weight excluding hydrogens is 397 g/mol. The van der Waals surface area contributed by atoms with Crippen LogP contribution in [-0.2, 0) is 0 Å². The lowest BCUT2D eigenvalue weighted by Gasteiger charge is -2.12. The zero-order chi connectivity index (χ0) is 10.9. The normalized spacial score (nSPS) is 11.6. The quantitative estimate of drug-likeness (QED) is 0.626. The van der Waals surface area contributed by atoms with Crippen LogP contribution in [0.4, 0.5) is 13.2 Å². The van der Waals surface area contributed by atoms with Crippen molar-refractivity contribution < 1.29 is 17.9 Å². The Morgan fingerprint density at radius 3 is 2.29 bits per heavy atom. The Kier molecular flexibility index (Phi) is 3.87. The third-order valence-corrected chi connectivity index (χ3v) is 3.66. The molecule has 0 bridgehead atoms. The van der Waals surface area contributed by atoms with Gasteiger partial charge in [0.25, 0.3) is 0 Å². The number of halogens is 6. The van der Waals surface area contributed by atoms with Crippen molar-refractivity contribution >= 4 is 47.8 Å². The summed E-state index contributed by atoms with van der Waals surface area (Å²) in [6.45, 7) is 0. The van der Waals surface area contributed by atoms with Crippen molar-refractivity contribution in [3.63, 3.8) is 0 Å². The van der Waals surface area contributed by atoms with E-state index in [1.807, 2.05) is 0 Å². The number of hydrogen-bond donors (Lipinski definition) is 0. The topological polar surface area (TPSA) is 9.23 Å². The van der Waals surface area contributed by atoms with Gasteiger partial charge in [0.2, 0.25) is 0 Å². The summed E-state index contributed by atoms with van der Waals surface area (Å²) in [6.07, 6.45) is -4.72. The molecule has 0 amide bonds. The van der Waals surface area contributed by atoms with Crippen LogP contribution in [0.1, 0.15) is 0 Å². The van der Waals surface area contributed by atoms with Gasteiger partial charge in [-0.15, -0.1) is 13.2 Å². The highest BCUT2D eigenvalue weighted by Gasteiger charge is 2.33. The third kappa shape index (κ3) is 3.13. The predicted octanol–water partition coefficient (Wildman–Crippen LogP) is 4.67. The van der Waals surface area contributed by atoms with E-state index in [1.54, 1.807) is 0 Å². The van der Waals surface area contributed by atoms with E-state index >= 15 is 0 Å². The summed E-state index contributed by atoms with van der Waals surface area (Å²) in [4.78, 5) is 0. The van der Waals surface area contributed by atoms with Gasteiger partial charge in [-0.05, 0) is 59.9 Å². The molecule has 1 aromatic carbocycles. The summed E-state index contributed by atoms with van der Waals surface area (Å²) in [7, 11) is 0. The second-order valence-corrected chi connectivity index (χ2v) is 4.58. The summed E-state index contributed by atoms with van der Waals surface area (Å²) in [6, 6.07) is 4.00. The van der Waals surface area contributed by atoms with Crippen molar-refractivity contribution in [1.29, 1.82) is 0 Å². The molecule has 1 radical (unpaired) electrons.